The molecular weight excluding hydrogens is 440 g/mol. The molecule has 8 nitrogen and oxygen atoms in total. The van der Waals surface area contributed by atoms with E-state index in [2.05, 4.69) is 0 Å². The number of aliphatic carboxylic acids is 2. The Balaban J connectivity index is 2.23. The van der Waals surface area contributed by atoms with Crippen LogP contribution in [0.1, 0.15) is 50.7 Å². The summed E-state index contributed by atoms with van der Waals surface area (Å²) in [6.45, 7) is 3.95. The lowest BCUT2D eigenvalue weighted by molar-refractivity contribution is -0.142. The molecule has 0 aromatic heterocycles. The predicted octanol–water partition coefficient (Wildman–Crippen LogP) is 4.66. The number of benzene rings is 3. The van der Waals surface area contributed by atoms with Gasteiger partial charge in [0.05, 0.1) is 25.7 Å². The van der Waals surface area contributed by atoms with Gasteiger partial charge in [0.1, 0.15) is 11.5 Å². The van der Waals surface area contributed by atoms with Crippen LogP contribution < -0.4 is 9.47 Å². The van der Waals surface area contributed by atoms with E-state index < -0.39 is 23.9 Å². The summed E-state index contributed by atoms with van der Waals surface area (Å²) in [4.78, 5) is 46.7. The first-order chi connectivity index (χ1) is 16.2. The first kappa shape index (κ1) is 24.7. The normalized spacial score (nSPS) is 10.9. The van der Waals surface area contributed by atoms with Crippen molar-refractivity contribution in [1.29, 1.82) is 0 Å². The van der Waals surface area contributed by atoms with E-state index >= 15 is 0 Å². The first-order valence-electron chi connectivity index (χ1n) is 11.1. The maximum Gasteiger partial charge on any atom is 0.311 e. The van der Waals surface area contributed by atoms with Crippen molar-refractivity contribution in [3.8, 4) is 11.5 Å². The van der Waals surface area contributed by atoms with Crippen molar-refractivity contribution in [1.82, 2.24) is 0 Å². The molecule has 0 atom stereocenters. The Bertz CT molecular complexity index is 1180. The van der Waals surface area contributed by atoms with E-state index in [1.807, 2.05) is 38.1 Å². The monoisotopic (exact) mass is 466 g/mol. The van der Waals surface area contributed by atoms with Crippen molar-refractivity contribution < 1.29 is 38.9 Å². The van der Waals surface area contributed by atoms with Crippen LogP contribution in [-0.2, 0) is 32.0 Å². The minimum Gasteiger partial charge on any atom is -0.481 e. The Kier molecular flexibility index (Phi) is 7.83. The number of carbonyl (C=O) groups excluding carboxylic acids is 2. The number of rotatable bonds is 10. The Morgan fingerprint density at radius 2 is 1.00 bits per heavy atom. The van der Waals surface area contributed by atoms with Gasteiger partial charge in [0.25, 0.3) is 0 Å². The second kappa shape index (κ2) is 10.8. The Morgan fingerprint density at radius 1 is 0.618 bits per heavy atom. The van der Waals surface area contributed by atoms with Gasteiger partial charge in [-0.2, -0.15) is 0 Å². The summed E-state index contributed by atoms with van der Waals surface area (Å²) >= 11 is 0. The molecule has 0 unspecified atom stereocenters. The number of hydrogen-bond acceptors (Lipinski definition) is 6. The fraction of sp³-hybridized carbons (Fsp3) is 0.308. The van der Waals surface area contributed by atoms with Crippen molar-refractivity contribution in [2.75, 3.05) is 0 Å². The van der Waals surface area contributed by atoms with Gasteiger partial charge in [0.2, 0.25) is 0 Å². The lowest BCUT2D eigenvalue weighted by Gasteiger charge is -2.18. The number of hydrogen-bond donors (Lipinski definition) is 2. The fourth-order valence-corrected chi connectivity index (χ4v) is 3.65. The molecule has 0 aliphatic carbocycles. The van der Waals surface area contributed by atoms with Gasteiger partial charge in [0, 0.05) is 21.5 Å². The molecule has 2 N–H and O–H groups in total. The minimum absolute atomic E-state index is 0.267. The highest BCUT2D eigenvalue weighted by Gasteiger charge is 2.21. The van der Waals surface area contributed by atoms with Crippen molar-refractivity contribution in [2.45, 2.75) is 52.4 Å². The summed E-state index contributed by atoms with van der Waals surface area (Å²) in [5.74, 6) is -3.03. The van der Waals surface area contributed by atoms with E-state index in [9.17, 15) is 19.2 Å². The van der Waals surface area contributed by atoms with Crippen LogP contribution in [-0.4, -0.2) is 34.1 Å². The highest BCUT2D eigenvalue weighted by molar-refractivity contribution is 6.13. The third-order valence-corrected chi connectivity index (χ3v) is 5.48. The van der Waals surface area contributed by atoms with Crippen LogP contribution in [0.2, 0.25) is 0 Å². The van der Waals surface area contributed by atoms with Crippen LogP contribution in [0.4, 0.5) is 0 Å². The van der Waals surface area contributed by atoms with Crippen LogP contribution in [0, 0.1) is 0 Å². The second-order valence-corrected chi connectivity index (χ2v) is 7.86. The van der Waals surface area contributed by atoms with Crippen molar-refractivity contribution in [2.24, 2.45) is 0 Å². The summed E-state index contributed by atoms with van der Waals surface area (Å²) in [5.41, 5.74) is 1.92. The zero-order valence-corrected chi connectivity index (χ0v) is 19.1. The van der Waals surface area contributed by atoms with Gasteiger partial charge in [-0.05, 0) is 36.1 Å². The Labute approximate surface area is 196 Å². The minimum atomic E-state index is -1.10. The molecule has 0 radical (unpaired) electrons. The number of fused-ring (bicyclic) bond motifs is 2. The number of carboxylic acid groups (broad SMARTS) is 2. The van der Waals surface area contributed by atoms with E-state index in [1.165, 1.54) is 0 Å². The molecule has 0 amide bonds. The standard InChI is InChI=1S/C26H26O8/c1-3-15-5-7-17-19(13-15)25(33-23(31)11-9-21(27)28)18-8-6-16(4-2)14-20(18)26(17)34-24(32)12-10-22(29)30/h5-8,13-14H,3-4,9-12H2,1-2H3,(H,27,28)(H,29,30). The van der Waals surface area contributed by atoms with Crippen LogP contribution >= 0.6 is 0 Å². The van der Waals surface area contributed by atoms with Crippen LogP contribution in [0.3, 0.4) is 0 Å². The van der Waals surface area contributed by atoms with Gasteiger partial charge in [-0.15, -0.1) is 0 Å². The molecule has 0 bridgehead atoms. The molecule has 0 saturated heterocycles. The molecule has 3 aromatic carbocycles. The average molecular weight is 466 g/mol. The van der Waals surface area contributed by atoms with Crippen molar-refractivity contribution in [3.05, 3.63) is 47.5 Å². The largest absolute Gasteiger partial charge is 0.481 e. The second-order valence-electron chi connectivity index (χ2n) is 7.86. The van der Waals surface area contributed by atoms with E-state index in [4.69, 9.17) is 19.7 Å². The molecule has 3 rings (SSSR count). The van der Waals surface area contributed by atoms with Gasteiger partial charge >= 0.3 is 23.9 Å². The predicted molar refractivity (Wildman–Crippen MR) is 125 cm³/mol. The van der Waals surface area contributed by atoms with Crippen LogP contribution in [0.25, 0.3) is 21.5 Å². The Hall–Kier alpha value is -3.94. The van der Waals surface area contributed by atoms with Crippen molar-refractivity contribution in [3.63, 3.8) is 0 Å². The van der Waals surface area contributed by atoms with E-state index in [-0.39, 0.29) is 37.2 Å². The fourth-order valence-electron chi connectivity index (χ4n) is 3.65. The molecule has 8 heteroatoms. The molecule has 0 aliphatic heterocycles. The maximum absolute atomic E-state index is 12.5. The summed E-state index contributed by atoms with van der Waals surface area (Å²) in [6.07, 6.45) is 0.142. The van der Waals surface area contributed by atoms with Gasteiger partial charge in [-0.3, -0.25) is 19.2 Å². The van der Waals surface area contributed by atoms with Gasteiger partial charge in [-0.25, -0.2) is 0 Å². The number of carboxylic acids is 2. The topological polar surface area (TPSA) is 127 Å². The zero-order chi connectivity index (χ0) is 24.8. The number of carbonyl (C=O) groups is 4. The van der Waals surface area contributed by atoms with Crippen LogP contribution in [0.5, 0.6) is 11.5 Å². The highest BCUT2D eigenvalue weighted by Crippen LogP contribution is 2.44. The smallest absolute Gasteiger partial charge is 0.311 e. The highest BCUT2D eigenvalue weighted by atomic mass is 16.5. The molecule has 0 aliphatic rings. The van der Waals surface area contributed by atoms with E-state index in [0.717, 1.165) is 11.1 Å². The molecule has 0 saturated carbocycles. The third-order valence-electron chi connectivity index (χ3n) is 5.48. The molecule has 3 aromatic rings. The SMILES string of the molecule is CCc1ccc2c(OC(=O)CCC(=O)O)c3cc(CC)ccc3c(OC(=O)CCC(=O)O)c2c1. The van der Waals surface area contributed by atoms with Gasteiger partial charge < -0.3 is 19.7 Å². The number of aryl methyl sites for hydroxylation is 2. The van der Waals surface area contributed by atoms with Gasteiger partial charge in [-0.1, -0.05) is 38.1 Å². The van der Waals surface area contributed by atoms with E-state index in [1.54, 1.807) is 12.1 Å². The number of esters is 2. The summed E-state index contributed by atoms with van der Waals surface area (Å²) in [7, 11) is 0. The lowest BCUT2D eigenvalue weighted by atomic mass is 9.96. The molecule has 0 heterocycles. The molecular formula is C26H26O8. The maximum atomic E-state index is 12.5. The summed E-state index contributed by atoms with van der Waals surface area (Å²) in [6, 6.07) is 11.0. The quantitative estimate of drug-likeness (QED) is 0.251. The third kappa shape index (κ3) is 5.70. The van der Waals surface area contributed by atoms with E-state index in [0.29, 0.717) is 34.4 Å². The molecule has 0 fully saturated rings. The summed E-state index contributed by atoms with van der Waals surface area (Å²) in [5, 5.41) is 20.0. The van der Waals surface area contributed by atoms with Crippen LogP contribution in [0.15, 0.2) is 36.4 Å². The number of ether oxygens (including phenoxy) is 2. The molecule has 178 valence electrons. The molecule has 0 spiro atoms. The van der Waals surface area contributed by atoms with Gasteiger partial charge in [0.15, 0.2) is 0 Å². The lowest BCUT2D eigenvalue weighted by Crippen LogP contribution is -2.13. The molecule has 34 heavy (non-hydrogen) atoms. The zero-order valence-electron chi connectivity index (χ0n) is 19.1. The first-order valence-corrected chi connectivity index (χ1v) is 11.1. The van der Waals surface area contributed by atoms with Crippen molar-refractivity contribution >= 4 is 45.4 Å². The average Bonchev–Trinajstić information content (AvgIpc) is 2.82. The Morgan fingerprint density at radius 3 is 1.32 bits per heavy atom. The summed E-state index contributed by atoms with van der Waals surface area (Å²) < 4.78 is 11.4.